The van der Waals surface area contributed by atoms with Crippen LogP contribution in [0.4, 0.5) is 0 Å². The number of hydrogen-bond donors (Lipinski definition) is 0. The van der Waals surface area contributed by atoms with E-state index in [9.17, 15) is 10.1 Å². The number of hydrogen-bond acceptors (Lipinski definition) is 6. The molecule has 0 atom stereocenters. The van der Waals surface area contributed by atoms with Gasteiger partial charge in [0.25, 0.3) is 0 Å². The van der Waals surface area contributed by atoms with Crippen molar-refractivity contribution in [3.63, 3.8) is 0 Å². The summed E-state index contributed by atoms with van der Waals surface area (Å²) in [5.41, 5.74) is 2.73. The molecule has 0 radical (unpaired) electrons. The Bertz CT molecular complexity index is 988. The lowest BCUT2D eigenvalue weighted by atomic mass is 10.1. The van der Waals surface area contributed by atoms with Gasteiger partial charge in [-0.2, -0.15) is 15.0 Å². The van der Waals surface area contributed by atoms with Gasteiger partial charge < -0.3 is 9.47 Å². The summed E-state index contributed by atoms with van der Waals surface area (Å²) < 4.78 is 12.0. The van der Waals surface area contributed by atoms with Gasteiger partial charge in [-0.15, -0.1) is 0 Å². The van der Waals surface area contributed by atoms with E-state index in [0.29, 0.717) is 22.8 Å². The van der Waals surface area contributed by atoms with Crippen LogP contribution in [-0.2, 0) is 11.3 Å². The zero-order valence-corrected chi connectivity index (χ0v) is 14.3. The Hall–Kier alpha value is -3.66. The predicted octanol–water partition coefficient (Wildman–Crippen LogP) is 2.81. The molecule has 0 N–H and O–H groups in total. The van der Waals surface area contributed by atoms with Gasteiger partial charge in [0, 0.05) is 17.8 Å². The van der Waals surface area contributed by atoms with Crippen LogP contribution in [0.3, 0.4) is 0 Å². The zero-order chi connectivity index (χ0) is 18.5. The van der Waals surface area contributed by atoms with E-state index in [-0.39, 0.29) is 6.61 Å². The molecule has 0 aliphatic rings. The lowest BCUT2D eigenvalue weighted by Gasteiger charge is -2.10. The van der Waals surface area contributed by atoms with E-state index in [1.54, 1.807) is 24.4 Å². The highest BCUT2D eigenvalue weighted by Gasteiger charge is 2.12. The minimum Gasteiger partial charge on any atom is -0.473 e. The van der Waals surface area contributed by atoms with Gasteiger partial charge in [-0.05, 0) is 30.7 Å². The number of aryl methyl sites for hydroxylation is 1. The molecular formula is C19H16N4O3. The van der Waals surface area contributed by atoms with Crippen molar-refractivity contribution in [3.05, 3.63) is 71.0 Å². The van der Waals surface area contributed by atoms with Crippen LogP contribution in [-0.4, -0.2) is 27.8 Å². The normalized spacial score (nSPS) is 10.2. The topological polar surface area (TPSA) is 90.0 Å². The average molecular weight is 348 g/mol. The number of carbonyl (C=O) groups is 1. The highest BCUT2D eigenvalue weighted by molar-refractivity contribution is 5.89. The first-order valence-corrected chi connectivity index (χ1v) is 7.83. The maximum atomic E-state index is 11.7. The molecule has 0 saturated heterocycles. The van der Waals surface area contributed by atoms with E-state index in [2.05, 4.69) is 16.2 Å². The number of methoxy groups -OCH3 is 1. The molecule has 0 amide bonds. The first kappa shape index (κ1) is 17.2. The summed E-state index contributed by atoms with van der Waals surface area (Å²) in [5.74, 6) is 0.419. The monoisotopic (exact) mass is 348 g/mol. The predicted molar refractivity (Wildman–Crippen MR) is 92.9 cm³/mol. The van der Waals surface area contributed by atoms with E-state index in [0.717, 1.165) is 11.1 Å². The summed E-state index contributed by atoms with van der Waals surface area (Å²) in [7, 11) is 1.32. The van der Waals surface area contributed by atoms with E-state index in [4.69, 9.17) is 9.47 Å². The highest BCUT2D eigenvalue weighted by atomic mass is 16.5. The molecule has 26 heavy (non-hydrogen) atoms. The van der Waals surface area contributed by atoms with Gasteiger partial charge in [-0.25, -0.2) is 9.78 Å². The Kier molecular flexibility index (Phi) is 4.94. The Morgan fingerprint density at radius 3 is 2.85 bits per heavy atom. The van der Waals surface area contributed by atoms with Crippen LogP contribution in [0.2, 0.25) is 0 Å². The van der Waals surface area contributed by atoms with Gasteiger partial charge in [0.05, 0.1) is 30.5 Å². The van der Waals surface area contributed by atoms with Crippen LogP contribution >= 0.6 is 0 Å². The third kappa shape index (κ3) is 3.54. The fraction of sp³-hybridized carbons (Fsp3) is 0.158. The maximum Gasteiger partial charge on any atom is 0.338 e. The molecule has 2 heterocycles. The molecule has 0 unspecified atom stereocenters. The van der Waals surface area contributed by atoms with E-state index in [1.807, 2.05) is 25.1 Å². The number of benzene rings is 1. The number of ether oxygens (including phenoxy) is 2. The van der Waals surface area contributed by atoms with Crippen molar-refractivity contribution in [2.75, 3.05) is 7.11 Å². The molecule has 0 bridgehead atoms. The molecule has 7 heteroatoms. The van der Waals surface area contributed by atoms with E-state index < -0.39 is 5.97 Å². The minimum atomic E-state index is -0.457. The van der Waals surface area contributed by atoms with Crippen LogP contribution < -0.4 is 4.74 Å². The van der Waals surface area contributed by atoms with Gasteiger partial charge in [0.1, 0.15) is 6.61 Å². The number of rotatable bonds is 5. The largest absolute Gasteiger partial charge is 0.473 e. The van der Waals surface area contributed by atoms with Gasteiger partial charge in [-0.1, -0.05) is 12.1 Å². The fourth-order valence-electron chi connectivity index (χ4n) is 2.42. The molecule has 1 aromatic carbocycles. The van der Waals surface area contributed by atoms with Crippen molar-refractivity contribution >= 4 is 5.97 Å². The molecule has 0 saturated carbocycles. The smallest absolute Gasteiger partial charge is 0.338 e. The quantitative estimate of drug-likeness (QED) is 0.659. The van der Waals surface area contributed by atoms with E-state index >= 15 is 0 Å². The van der Waals surface area contributed by atoms with Gasteiger partial charge in [0.2, 0.25) is 5.88 Å². The second-order valence-electron chi connectivity index (χ2n) is 5.54. The standard InChI is InChI=1S/C19H16N4O3/c1-13-3-4-15(16(9-13)11-20)12-26-18-6-8-22-23(18)17-10-14(5-7-21-17)19(24)25-2/h3-10H,12H2,1-2H3. The maximum absolute atomic E-state index is 11.7. The van der Waals surface area contributed by atoms with Crippen LogP contribution in [0.25, 0.3) is 5.82 Å². The third-order valence-electron chi connectivity index (χ3n) is 3.75. The van der Waals surface area contributed by atoms with Gasteiger partial charge in [-0.3, -0.25) is 0 Å². The average Bonchev–Trinajstić information content (AvgIpc) is 3.15. The molecule has 130 valence electrons. The summed E-state index contributed by atoms with van der Waals surface area (Å²) in [6, 6.07) is 12.6. The van der Waals surface area contributed by atoms with Crippen molar-refractivity contribution < 1.29 is 14.3 Å². The lowest BCUT2D eigenvalue weighted by molar-refractivity contribution is 0.0600. The SMILES string of the molecule is COC(=O)c1ccnc(-n2nccc2OCc2ccc(C)cc2C#N)c1. The van der Waals surface area contributed by atoms with Crippen molar-refractivity contribution in [1.29, 1.82) is 5.26 Å². The summed E-state index contributed by atoms with van der Waals surface area (Å²) in [6.07, 6.45) is 3.07. The lowest BCUT2D eigenvalue weighted by Crippen LogP contribution is -2.08. The summed E-state index contributed by atoms with van der Waals surface area (Å²) in [6.45, 7) is 2.14. The van der Waals surface area contributed by atoms with Crippen molar-refractivity contribution in [2.24, 2.45) is 0 Å². The van der Waals surface area contributed by atoms with Crippen LogP contribution in [0, 0.1) is 18.3 Å². The Labute approximate surface area is 150 Å². The third-order valence-corrected chi connectivity index (χ3v) is 3.75. The number of nitriles is 1. The van der Waals surface area contributed by atoms with Crippen LogP contribution in [0.5, 0.6) is 5.88 Å². The van der Waals surface area contributed by atoms with Crippen molar-refractivity contribution in [2.45, 2.75) is 13.5 Å². The molecule has 3 aromatic rings. The van der Waals surface area contributed by atoms with Gasteiger partial charge >= 0.3 is 5.97 Å². The summed E-state index contributed by atoms with van der Waals surface area (Å²) >= 11 is 0. The second kappa shape index (κ2) is 7.49. The first-order valence-electron chi connectivity index (χ1n) is 7.83. The van der Waals surface area contributed by atoms with Crippen LogP contribution in [0.15, 0.2) is 48.8 Å². The summed E-state index contributed by atoms with van der Waals surface area (Å²) in [4.78, 5) is 15.9. The molecule has 0 aliphatic heterocycles. The number of pyridine rings is 1. The molecule has 7 nitrogen and oxygen atoms in total. The Balaban J connectivity index is 1.84. The molecule has 0 spiro atoms. The highest BCUT2D eigenvalue weighted by Crippen LogP contribution is 2.19. The summed E-state index contributed by atoms with van der Waals surface area (Å²) in [5, 5.41) is 13.5. The van der Waals surface area contributed by atoms with Crippen molar-refractivity contribution in [1.82, 2.24) is 14.8 Å². The number of esters is 1. The Morgan fingerprint density at radius 2 is 2.08 bits per heavy atom. The fourth-order valence-corrected chi connectivity index (χ4v) is 2.42. The second-order valence-corrected chi connectivity index (χ2v) is 5.54. The molecule has 2 aromatic heterocycles. The van der Waals surface area contributed by atoms with Crippen LogP contribution in [0.1, 0.15) is 27.0 Å². The number of carbonyl (C=O) groups excluding carboxylic acids is 1. The molecular weight excluding hydrogens is 332 g/mol. The minimum absolute atomic E-state index is 0.214. The first-order chi connectivity index (χ1) is 12.6. The van der Waals surface area contributed by atoms with Gasteiger partial charge in [0.15, 0.2) is 5.82 Å². The van der Waals surface area contributed by atoms with E-state index in [1.165, 1.54) is 18.0 Å². The number of nitrogens with zero attached hydrogens (tertiary/aromatic N) is 4. The number of aromatic nitrogens is 3. The Morgan fingerprint density at radius 1 is 1.23 bits per heavy atom. The zero-order valence-electron chi connectivity index (χ0n) is 14.3. The molecule has 0 fully saturated rings. The molecule has 3 rings (SSSR count). The van der Waals surface area contributed by atoms with Crippen molar-refractivity contribution in [3.8, 4) is 17.8 Å². The molecule has 0 aliphatic carbocycles.